The van der Waals surface area contributed by atoms with E-state index >= 15 is 4.39 Å². The molecule has 1 aromatic heterocycles. The Bertz CT molecular complexity index is 1330. The van der Waals surface area contributed by atoms with Crippen molar-refractivity contribution < 1.29 is 31.0 Å². The fourth-order valence-corrected chi connectivity index (χ4v) is 5.95. The molecule has 3 aromatic rings. The number of nitrogens with zero attached hydrogens (tertiary/aromatic N) is 3. The number of rotatable bonds is 5. The number of hydrogen-bond donors (Lipinski definition) is 2. The third kappa shape index (κ3) is 4.47. The zero-order valence-electron chi connectivity index (χ0n) is 17.5. The largest absolute Gasteiger partial charge is 0.415 e. The first kappa shape index (κ1) is 23.7. The molecule has 2 aromatic carbocycles. The van der Waals surface area contributed by atoms with E-state index in [1.165, 1.54) is 29.2 Å². The topological polar surface area (TPSA) is 126 Å². The van der Waals surface area contributed by atoms with Gasteiger partial charge in [0, 0.05) is 34.0 Å². The molecule has 1 saturated heterocycles. The molecule has 180 valence electrons. The summed E-state index contributed by atoms with van der Waals surface area (Å²) in [6.07, 6.45) is -3.21. The minimum atomic E-state index is -3.17. The zero-order chi connectivity index (χ0) is 24.7. The second-order valence-corrected chi connectivity index (χ2v) is 10.2. The molecule has 2 atom stereocenters. The van der Waals surface area contributed by atoms with Crippen LogP contribution in [0.5, 0.6) is 0 Å². The Labute approximate surface area is 191 Å². The lowest BCUT2D eigenvalue weighted by molar-refractivity contribution is 0.116. The molecule has 0 saturated carbocycles. The van der Waals surface area contributed by atoms with Gasteiger partial charge in [0.05, 0.1) is 11.3 Å². The number of aromatic nitrogens is 2. The van der Waals surface area contributed by atoms with Gasteiger partial charge < -0.3 is 15.1 Å². The first-order valence-corrected chi connectivity index (χ1v) is 11.9. The quantitative estimate of drug-likeness (QED) is 0.518. The van der Waals surface area contributed by atoms with Crippen molar-refractivity contribution in [1.82, 2.24) is 15.1 Å². The van der Waals surface area contributed by atoms with Gasteiger partial charge in [-0.3, -0.25) is 4.78 Å². The van der Waals surface area contributed by atoms with E-state index in [2.05, 4.69) is 10.2 Å². The van der Waals surface area contributed by atoms with E-state index in [1.807, 2.05) is 0 Å². The summed E-state index contributed by atoms with van der Waals surface area (Å²) in [5, 5.41) is 6.70. The third-order valence-electron chi connectivity index (χ3n) is 5.69. The highest BCUT2D eigenvalue weighted by molar-refractivity contribution is 7.92. The van der Waals surface area contributed by atoms with E-state index in [9.17, 15) is 22.2 Å². The molecule has 0 spiro atoms. The molecule has 0 aliphatic carbocycles. The van der Waals surface area contributed by atoms with E-state index in [0.29, 0.717) is 5.56 Å². The van der Waals surface area contributed by atoms with Gasteiger partial charge in [-0.2, -0.15) is 8.78 Å². The van der Waals surface area contributed by atoms with Crippen LogP contribution in [0.3, 0.4) is 0 Å². The monoisotopic (exact) mass is 497 g/mol. The zero-order valence-corrected chi connectivity index (χ0v) is 18.3. The van der Waals surface area contributed by atoms with Crippen molar-refractivity contribution in [2.24, 2.45) is 5.73 Å². The molecule has 34 heavy (non-hydrogen) atoms. The maximum absolute atomic E-state index is 15.2. The first-order chi connectivity index (χ1) is 16.0. The summed E-state index contributed by atoms with van der Waals surface area (Å²) in [6.45, 7) is -0.104. The number of urea groups is 1. The highest BCUT2D eigenvalue weighted by Crippen LogP contribution is 2.38. The van der Waals surface area contributed by atoms with Gasteiger partial charge in [-0.25, -0.2) is 17.8 Å². The fraction of sp³-hybridized carbons (Fsp3) is 0.286. The lowest BCUT2D eigenvalue weighted by Gasteiger charge is -2.47. The van der Waals surface area contributed by atoms with Crippen LogP contribution in [0.1, 0.15) is 23.4 Å². The summed E-state index contributed by atoms with van der Waals surface area (Å²) in [4.78, 5) is 13.6. The summed E-state index contributed by atoms with van der Waals surface area (Å²) in [5.41, 5.74) is 4.57. The standard InChI is InChI=1S/C21H19F4N5O3S/c22-15-5-3-14(4-6-15)21(11-34(27,32)8-7-30(21)20(26)31)10-13-2-1-12(9-16(13)23)18-28-29-19(33-18)17(24)25/h1-6,9,17,27H,7-8,10-11H2,(H2,26,31). The van der Waals surface area contributed by atoms with Gasteiger partial charge in [0.1, 0.15) is 11.6 Å². The average Bonchev–Trinajstić information content (AvgIpc) is 3.25. The lowest BCUT2D eigenvalue weighted by atomic mass is 9.83. The second-order valence-electron chi connectivity index (χ2n) is 7.92. The van der Waals surface area contributed by atoms with Gasteiger partial charge in [0.25, 0.3) is 5.89 Å². The van der Waals surface area contributed by atoms with Crippen LogP contribution >= 0.6 is 0 Å². The molecule has 1 fully saturated rings. The SMILES string of the molecule is N=S1(=O)CCN(C(N)=O)C(Cc2ccc(-c3nnc(C(F)F)o3)cc2F)(c2ccc(F)cc2)C1. The number of carbonyl (C=O) groups excluding carboxylic acids is 1. The first-order valence-electron chi connectivity index (χ1n) is 9.98. The molecule has 8 nitrogen and oxygen atoms in total. The fourth-order valence-electron chi connectivity index (χ4n) is 4.14. The molecule has 13 heteroatoms. The van der Waals surface area contributed by atoms with Crippen molar-refractivity contribution in [3.63, 3.8) is 0 Å². The Kier molecular flexibility index (Phi) is 6.06. The summed E-state index contributed by atoms with van der Waals surface area (Å²) in [6, 6.07) is 7.90. The van der Waals surface area contributed by atoms with E-state index in [4.69, 9.17) is 14.9 Å². The molecular weight excluding hydrogens is 478 g/mol. The average molecular weight is 497 g/mol. The van der Waals surface area contributed by atoms with Crippen molar-refractivity contribution >= 4 is 15.8 Å². The number of nitrogens with one attached hydrogen (secondary N) is 1. The summed E-state index contributed by atoms with van der Waals surface area (Å²) < 4.78 is 80.1. The molecular formula is C21H19F4N5O3S. The number of nitrogens with two attached hydrogens (primary N) is 1. The normalized spacial score (nSPS) is 22.8. The molecule has 3 N–H and O–H groups in total. The van der Waals surface area contributed by atoms with Crippen molar-refractivity contribution in [2.75, 3.05) is 18.1 Å². The van der Waals surface area contributed by atoms with Crippen LogP contribution in [0.15, 0.2) is 46.9 Å². The molecule has 2 amide bonds. The molecule has 1 aliphatic heterocycles. The third-order valence-corrected chi connectivity index (χ3v) is 7.48. The molecule has 4 rings (SSSR count). The van der Waals surface area contributed by atoms with Crippen LogP contribution in [-0.2, 0) is 21.7 Å². The Hall–Kier alpha value is -3.48. The molecule has 2 heterocycles. The highest BCUT2D eigenvalue weighted by atomic mass is 32.2. The van der Waals surface area contributed by atoms with Crippen molar-refractivity contribution in [3.05, 3.63) is 71.1 Å². The van der Waals surface area contributed by atoms with Crippen LogP contribution in [0.25, 0.3) is 11.5 Å². The van der Waals surface area contributed by atoms with Crippen LogP contribution in [0.2, 0.25) is 0 Å². The van der Waals surface area contributed by atoms with E-state index in [0.717, 1.165) is 18.2 Å². The smallest absolute Gasteiger partial charge is 0.315 e. The number of alkyl halides is 2. The van der Waals surface area contributed by atoms with Gasteiger partial charge >= 0.3 is 12.5 Å². The Morgan fingerprint density at radius 1 is 1.21 bits per heavy atom. The highest BCUT2D eigenvalue weighted by Gasteiger charge is 2.47. The minimum absolute atomic E-state index is 0.0520. The minimum Gasteiger partial charge on any atom is -0.415 e. The van der Waals surface area contributed by atoms with E-state index < -0.39 is 45.2 Å². The van der Waals surface area contributed by atoms with Crippen molar-refractivity contribution in [3.8, 4) is 11.5 Å². The maximum atomic E-state index is 15.2. The predicted octanol–water partition coefficient (Wildman–Crippen LogP) is 3.83. The summed E-state index contributed by atoms with van der Waals surface area (Å²) in [7, 11) is -3.17. The number of primary amides is 1. The Morgan fingerprint density at radius 3 is 2.50 bits per heavy atom. The maximum Gasteiger partial charge on any atom is 0.315 e. The van der Waals surface area contributed by atoms with Crippen molar-refractivity contribution in [1.29, 1.82) is 4.78 Å². The summed E-state index contributed by atoms with van der Waals surface area (Å²) >= 11 is 0. The number of amides is 2. The predicted molar refractivity (Wildman–Crippen MR) is 113 cm³/mol. The molecule has 0 bridgehead atoms. The number of benzene rings is 2. The van der Waals surface area contributed by atoms with Gasteiger partial charge in [0.15, 0.2) is 0 Å². The van der Waals surface area contributed by atoms with Crippen LogP contribution in [0.4, 0.5) is 22.4 Å². The second kappa shape index (κ2) is 8.70. The van der Waals surface area contributed by atoms with Gasteiger partial charge in [-0.05, 0) is 35.4 Å². The van der Waals surface area contributed by atoms with E-state index in [1.54, 1.807) is 0 Å². The van der Waals surface area contributed by atoms with E-state index in [-0.39, 0.29) is 41.5 Å². The van der Waals surface area contributed by atoms with Crippen LogP contribution < -0.4 is 5.73 Å². The van der Waals surface area contributed by atoms with Gasteiger partial charge in [-0.15, -0.1) is 10.2 Å². The molecule has 2 unspecified atom stereocenters. The summed E-state index contributed by atoms with van der Waals surface area (Å²) in [5.74, 6) is -2.99. The van der Waals surface area contributed by atoms with Crippen LogP contribution in [0, 0.1) is 16.4 Å². The lowest BCUT2D eigenvalue weighted by Crippen LogP contribution is -2.61. The van der Waals surface area contributed by atoms with Gasteiger partial charge in [-0.1, -0.05) is 18.2 Å². The number of halogens is 4. The van der Waals surface area contributed by atoms with Crippen LogP contribution in [-0.4, -0.2) is 43.4 Å². The Balaban J connectivity index is 1.78. The molecule has 1 aliphatic rings. The number of carbonyl (C=O) groups is 1. The van der Waals surface area contributed by atoms with Crippen molar-refractivity contribution in [2.45, 2.75) is 18.4 Å². The molecule has 0 radical (unpaired) electrons. The number of hydrogen-bond acceptors (Lipinski definition) is 6. The Morgan fingerprint density at radius 2 is 1.91 bits per heavy atom. The van der Waals surface area contributed by atoms with Gasteiger partial charge in [0.2, 0.25) is 5.89 Å².